The first-order valence-electron chi connectivity index (χ1n) is 6.74. The number of H-pyrrole nitrogens is 1. The van der Waals surface area contributed by atoms with Crippen LogP contribution in [0.15, 0.2) is 24.3 Å². The zero-order chi connectivity index (χ0) is 15.6. The van der Waals surface area contributed by atoms with Crippen molar-refractivity contribution >= 4 is 23.2 Å². The van der Waals surface area contributed by atoms with Crippen LogP contribution in [-0.4, -0.2) is 28.1 Å². The lowest BCUT2D eigenvalue weighted by molar-refractivity contribution is 0.0780. The highest BCUT2D eigenvalue weighted by molar-refractivity contribution is 6.31. The third-order valence-electron chi connectivity index (χ3n) is 3.33. The Morgan fingerprint density at radius 3 is 2.67 bits per heavy atom. The van der Waals surface area contributed by atoms with E-state index in [1.807, 2.05) is 32.0 Å². The molecule has 21 heavy (non-hydrogen) atoms. The lowest BCUT2D eigenvalue weighted by atomic mass is 10.1. The Hall–Kier alpha value is -2.01. The van der Waals surface area contributed by atoms with Crippen molar-refractivity contribution < 1.29 is 4.79 Å². The lowest BCUT2D eigenvalue weighted by Gasteiger charge is -2.17. The molecule has 2 aromatic rings. The van der Waals surface area contributed by atoms with Crippen LogP contribution in [-0.2, 0) is 6.54 Å². The van der Waals surface area contributed by atoms with E-state index < -0.39 is 0 Å². The number of nitrogens with zero attached hydrogens (tertiary/aromatic N) is 2. The zero-order valence-corrected chi connectivity index (χ0v) is 13.1. The fourth-order valence-electron chi connectivity index (χ4n) is 2.10. The van der Waals surface area contributed by atoms with Crippen LogP contribution in [0.3, 0.4) is 0 Å². The highest BCUT2D eigenvalue weighted by Gasteiger charge is 2.22. The molecule has 0 atom stereocenters. The van der Waals surface area contributed by atoms with Crippen LogP contribution in [0.25, 0.3) is 0 Å². The summed E-state index contributed by atoms with van der Waals surface area (Å²) in [4.78, 5) is 14.0. The van der Waals surface area contributed by atoms with Gasteiger partial charge in [0.25, 0.3) is 5.91 Å². The molecule has 0 unspecified atom stereocenters. The van der Waals surface area contributed by atoms with Crippen LogP contribution in [0.2, 0.25) is 5.02 Å². The first-order valence-corrected chi connectivity index (χ1v) is 7.12. The summed E-state index contributed by atoms with van der Waals surface area (Å²) in [7, 11) is 1.70. The molecule has 112 valence electrons. The van der Waals surface area contributed by atoms with Gasteiger partial charge in [0.15, 0.2) is 5.69 Å². The molecule has 0 saturated carbocycles. The SMILES string of the molecule is CC(C)c1[nH]nc(C(=O)N(C)Cc2ccccc2Cl)c1N. The van der Waals surface area contributed by atoms with Gasteiger partial charge in [-0.25, -0.2) is 0 Å². The van der Waals surface area contributed by atoms with Crippen molar-refractivity contribution in [3.05, 3.63) is 46.2 Å². The quantitative estimate of drug-likeness (QED) is 0.911. The van der Waals surface area contributed by atoms with Gasteiger partial charge in [0, 0.05) is 18.6 Å². The number of aromatic amines is 1. The van der Waals surface area contributed by atoms with E-state index in [0.29, 0.717) is 17.3 Å². The molecule has 0 aliphatic heterocycles. The second-order valence-electron chi connectivity index (χ2n) is 5.31. The van der Waals surface area contributed by atoms with Crippen LogP contribution in [0, 0.1) is 0 Å². The van der Waals surface area contributed by atoms with Crippen molar-refractivity contribution in [2.24, 2.45) is 0 Å². The molecule has 1 aromatic carbocycles. The Labute approximate surface area is 129 Å². The van der Waals surface area contributed by atoms with E-state index in [4.69, 9.17) is 17.3 Å². The number of nitrogens with two attached hydrogens (primary N) is 1. The summed E-state index contributed by atoms with van der Waals surface area (Å²) in [5, 5.41) is 7.52. The maximum atomic E-state index is 12.4. The molecule has 0 fully saturated rings. The number of aromatic nitrogens is 2. The van der Waals surface area contributed by atoms with E-state index in [-0.39, 0.29) is 17.5 Å². The molecule has 1 heterocycles. The van der Waals surface area contributed by atoms with E-state index in [0.717, 1.165) is 11.3 Å². The first-order chi connectivity index (χ1) is 9.91. The van der Waals surface area contributed by atoms with Crippen molar-refractivity contribution in [2.45, 2.75) is 26.3 Å². The normalized spacial score (nSPS) is 10.9. The van der Waals surface area contributed by atoms with Crippen molar-refractivity contribution in [3.63, 3.8) is 0 Å². The van der Waals surface area contributed by atoms with Gasteiger partial charge >= 0.3 is 0 Å². The average Bonchev–Trinajstić information content (AvgIpc) is 2.82. The fraction of sp³-hybridized carbons (Fsp3) is 0.333. The Kier molecular flexibility index (Phi) is 4.53. The van der Waals surface area contributed by atoms with Crippen LogP contribution in [0.5, 0.6) is 0 Å². The van der Waals surface area contributed by atoms with Crippen LogP contribution in [0.1, 0.15) is 41.5 Å². The molecule has 1 amide bonds. The Morgan fingerprint density at radius 1 is 1.43 bits per heavy atom. The highest BCUT2D eigenvalue weighted by atomic mass is 35.5. The standard InChI is InChI=1S/C15H19ClN4O/c1-9(2)13-12(17)14(19-18-13)15(21)20(3)8-10-6-4-5-7-11(10)16/h4-7,9H,8,17H2,1-3H3,(H,18,19). The predicted octanol–water partition coefficient (Wildman–Crippen LogP) is 3.04. The molecular formula is C15H19ClN4O. The minimum absolute atomic E-state index is 0.188. The number of hydrogen-bond acceptors (Lipinski definition) is 3. The number of benzene rings is 1. The van der Waals surface area contributed by atoms with E-state index in [1.54, 1.807) is 18.0 Å². The minimum atomic E-state index is -0.226. The zero-order valence-electron chi connectivity index (χ0n) is 12.4. The highest BCUT2D eigenvalue weighted by Crippen LogP contribution is 2.24. The van der Waals surface area contributed by atoms with E-state index in [2.05, 4.69) is 10.2 Å². The van der Waals surface area contributed by atoms with Crippen molar-refractivity contribution in [1.82, 2.24) is 15.1 Å². The number of rotatable bonds is 4. The van der Waals surface area contributed by atoms with Gasteiger partial charge in [-0.1, -0.05) is 43.6 Å². The first kappa shape index (κ1) is 15.4. The number of nitrogens with one attached hydrogen (secondary N) is 1. The number of amides is 1. The smallest absolute Gasteiger partial charge is 0.276 e. The molecule has 0 bridgehead atoms. The van der Waals surface area contributed by atoms with E-state index >= 15 is 0 Å². The Morgan fingerprint density at radius 2 is 2.10 bits per heavy atom. The maximum absolute atomic E-state index is 12.4. The largest absolute Gasteiger partial charge is 0.395 e. The molecule has 5 nitrogen and oxygen atoms in total. The summed E-state index contributed by atoms with van der Waals surface area (Å²) in [6, 6.07) is 7.43. The number of hydrogen-bond donors (Lipinski definition) is 2. The minimum Gasteiger partial charge on any atom is -0.395 e. The number of anilines is 1. The second kappa shape index (κ2) is 6.18. The molecule has 0 saturated heterocycles. The molecule has 0 aliphatic carbocycles. The Bertz CT molecular complexity index is 651. The lowest BCUT2D eigenvalue weighted by Crippen LogP contribution is -2.27. The number of carbonyl (C=O) groups is 1. The topological polar surface area (TPSA) is 75.0 Å². The van der Waals surface area contributed by atoms with E-state index in [9.17, 15) is 4.79 Å². The van der Waals surface area contributed by atoms with Gasteiger partial charge in [-0.15, -0.1) is 0 Å². The summed E-state index contributed by atoms with van der Waals surface area (Å²) < 4.78 is 0. The Balaban J connectivity index is 2.18. The van der Waals surface area contributed by atoms with Gasteiger partial charge < -0.3 is 10.6 Å². The van der Waals surface area contributed by atoms with Crippen molar-refractivity contribution in [3.8, 4) is 0 Å². The van der Waals surface area contributed by atoms with E-state index in [1.165, 1.54) is 0 Å². The monoisotopic (exact) mass is 306 g/mol. The van der Waals surface area contributed by atoms with Gasteiger partial charge in [-0.3, -0.25) is 9.89 Å². The second-order valence-corrected chi connectivity index (χ2v) is 5.71. The summed E-state index contributed by atoms with van der Waals surface area (Å²) in [6.45, 7) is 4.39. The van der Waals surface area contributed by atoms with Gasteiger partial charge in [-0.2, -0.15) is 5.10 Å². The predicted molar refractivity (Wildman–Crippen MR) is 84.3 cm³/mol. The maximum Gasteiger partial charge on any atom is 0.276 e. The van der Waals surface area contributed by atoms with Gasteiger partial charge in [0.05, 0.1) is 11.4 Å². The third-order valence-corrected chi connectivity index (χ3v) is 3.69. The summed E-state index contributed by atoms with van der Waals surface area (Å²) >= 11 is 6.11. The molecule has 3 N–H and O–H groups in total. The molecule has 0 spiro atoms. The van der Waals surface area contributed by atoms with Gasteiger partial charge in [-0.05, 0) is 17.5 Å². The summed E-state index contributed by atoms with van der Waals surface area (Å²) in [5.74, 6) is -0.0384. The van der Waals surface area contributed by atoms with Crippen molar-refractivity contribution in [2.75, 3.05) is 12.8 Å². The number of halogens is 1. The molecule has 0 radical (unpaired) electrons. The molecule has 2 rings (SSSR count). The molecular weight excluding hydrogens is 288 g/mol. The third kappa shape index (κ3) is 3.19. The summed E-state index contributed by atoms with van der Waals surface area (Å²) in [5.41, 5.74) is 8.34. The van der Waals surface area contributed by atoms with Crippen LogP contribution in [0.4, 0.5) is 5.69 Å². The molecule has 0 aliphatic rings. The van der Waals surface area contributed by atoms with Gasteiger partial charge in [0.2, 0.25) is 0 Å². The average molecular weight is 307 g/mol. The van der Waals surface area contributed by atoms with Crippen LogP contribution >= 0.6 is 11.6 Å². The van der Waals surface area contributed by atoms with Gasteiger partial charge in [0.1, 0.15) is 0 Å². The van der Waals surface area contributed by atoms with Crippen LogP contribution < -0.4 is 5.73 Å². The molecule has 6 heteroatoms. The summed E-state index contributed by atoms with van der Waals surface area (Å²) in [6.07, 6.45) is 0. The molecule has 1 aromatic heterocycles. The number of nitrogen functional groups attached to an aromatic ring is 1. The number of carbonyl (C=O) groups excluding carboxylic acids is 1. The van der Waals surface area contributed by atoms with Crippen molar-refractivity contribution in [1.29, 1.82) is 0 Å². The fourth-order valence-corrected chi connectivity index (χ4v) is 2.30.